The van der Waals surface area contributed by atoms with Crippen molar-refractivity contribution in [3.63, 3.8) is 0 Å². The Kier molecular flexibility index (Phi) is 4.75. The molecule has 7 heteroatoms. The van der Waals surface area contributed by atoms with Crippen molar-refractivity contribution in [2.24, 2.45) is 0 Å². The molecule has 2 saturated heterocycles. The fraction of sp³-hybridized carbons (Fsp3) is 0.750. The Labute approximate surface area is 138 Å². The number of hydrogen-bond donors (Lipinski definition) is 0. The minimum absolute atomic E-state index is 0.000931. The monoisotopic (exact) mass is 338 g/mol. The first-order chi connectivity index (χ1) is 11.0. The third-order valence-electron chi connectivity index (χ3n) is 4.76. The fourth-order valence-corrected chi connectivity index (χ4v) is 5.26. The Morgan fingerprint density at radius 2 is 2.00 bits per heavy atom. The molecule has 0 saturated carbocycles. The molecule has 0 spiro atoms. The second-order valence-electron chi connectivity index (χ2n) is 6.56. The van der Waals surface area contributed by atoms with Gasteiger partial charge in [0.2, 0.25) is 5.95 Å². The summed E-state index contributed by atoms with van der Waals surface area (Å²) in [7, 11) is -2.91. The lowest BCUT2D eigenvalue weighted by Crippen LogP contribution is -2.38. The summed E-state index contributed by atoms with van der Waals surface area (Å²) in [6, 6.07) is 2.04. The van der Waals surface area contributed by atoms with E-state index >= 15 is 0 Å². The summed E-state index contributed by atoms with van der Waals surface area (Å²) in [5.41, 5.74) is 0.940. The van der Waals surface area contributed by atoms with Crippen molar-refractivity contribution in [2.45, 2.75) is 45.6 Å². The molecule has 1 aromatic rings. The fourth-order valence-electron chi connectivity index (χ4n) is 3.53. The van der Waals surface area contributed by atoms with Crippen LogP contribution in [-0.4, -0.2) is 55.6 Å². The van der Waals surface area contributed by atoms with Crippen LogP contribution in [0.5, 0.6) is 0 Å². The molecule has 3 rings (SSSR count). The number of sulfone groups is 1. The van der Waals surface area contributed by atoms with Gasteiger partial charge in [0, 0.05) is 37.4 Å². The van der Waals surface area contributed by atoms with Crippen LogP contribution >= 0.6 is 0 Å². The molecular formula is C16H26N4O2S. The summed E-state index contributed by atoms with van der Waals surface area (Å²) in [6.45, 7) is 6.83. The van der Waals surface area contributed by atoms with E-state index in [1.54, 1.807) is 0 Å². The molecule has 0 aromatic carbocycles. The first kappa shape index (κ1) is 16.5. The van der Waals surface area contributed by atoms with Gasteiger partial charge in [0.05, 0.1) is 11.5 Å². The Morgan fingerprint density at radius 1 is 1.26 bits per heavy atom. The van der Waals surface area contributed by atoms with E-state index < -0.39 is 9.84 Å². The molecule has 2 aliphatic heterocycles. The van der Waals surface area contributed by atoms with Crippen LogP contribution < -0.4 is 9.80 Å². The summed E-state index contributed by atoms with van der Waals surface area (Å²) in [5.74, 6) is 2.15. The van der Waals surface area contributed by atoms with E-state index in [0.717, 1.165) is 31.1 Å². The molecule has 0 aliphatic carbocycles. The second-order valence-corrected chi connectivity index (χ2v) is 8.79. The number of nitrogens with zero attached hydrogens (tertiary/aromatic N) is 4. The summed E-state index contributed by atoms with van der Waals surface area (Å²) in [4.78, 5) is 13.7. The standard InChI is InChI=1S/C16H26N4O2S/c1-3-20(14-7-10-23(21,22)12-14)16-17-13(2)11-15(18-16)19-8-5-4-6-9-19/h11,14H,3-10,12H2,1-2H3. The minimum Gasteiger partial charge on any atom is -0.356 e. The van der Waals surface area contributed by atoms with Crippen LogP contribution in [0.25, 0.3) is 0 Å². The van der Waals surface area contributed by atoms with Crippen LogP contribution in [0.2, 0.25) is 0 Å². The SMILES string of the molecule is CCN(c1nc(C)cc(N2CCCCC2)n1)C1CCS(=O)(=O)C1. The van der Waals surface area contributed by atoms with Crippen molar-refractivity contribution in [3.8, 4) is 0 Å². The predicted octanol–water partition coefficient (Wildman–Crippen LogP) is 1.79. The average Bonchev–Trinajstić information content (AvgIpc) is 2.88. The van der Waals surface area contributed by atoms with E-state index in [2.05, 4.69) is 14.8 Å². The molecule has 6 nitrogen and oxygen atoms in total. The van der Waals surface area contributed by atoms with Crippen LogP contribution in [0.3, 0.4) is 0 Å². The summed E-state index contributed by atoms with van der Waals surface area (Å²) in [6.07, 6.45) is 4.37. The summed E-state index contributed by atoms with van der Waals surface area (Å²) >= 11 is 0. The molecule has 23 heavy (non-hydrogen) atoms. The topological polar surface area (TPSA) is 66.4 Å². The number of rotatable bonds is 4. The molecule has 2 fully saturated rings. The van der Waals surface area contributed by atoms with Gasteiger partial charge in [-0.25, -0.2) is 13.4 Å². The smallest absolute Gasteiger partial charge is 0.227 e. The number of hydrogen-bond acceptors (Lipinski definition) is 6. The normalized spacial score (nSPS) is 23.9. The first-order valence-corrected chi connectivity index (χ1v) is 10.4. The maximum absolute atomic E-state index is 11.8. The lowest BCUT2D eigenvalue weighted by atomic mass is 10.1. The maximum Gasteiger partial charge on any atom is 0.227 e. The first-order valence-electron chi connectivity index (χ1n) is 8.56. The van der Waals surface area contributed by atoms with Gasteiger partial charge in [0.1, 0.15) is 5.82 Å². The highest BCUT2D eigenvalue weighted by Crippen LogP contribution is 2.25. The molecule has 0 radical (unpaired) electrons. The number of aryl methyl sites for hydroxylation is 1. The van der Waals surface area contributed by atoms with Gasteiger partial charge in [0.15, 0.2) is 9.84 Å². The van der Waals surface area contributed by atoms with Gasteiger partial charge in [-0.05, 0) is 39.5 Å². The van der Waals surface area contributed by atoms with Crippen LogP contribution in [0.1, 0.15) is 38.3 Å². The molecule has 1 atom stereocenters. The van der Waals surface area contributed by atoms with Gasteiger partial charge in [-0.2, -0.15) is 4.98 Å². The summed E-state index contributed by atoms with van der Waals surface area (Å²) in [5, 5.41) is 0. The second kappa shape index (κ2) is 6.63. The van der Waals surface area contributed by atoms with Crippen LogP contribution in [0, 0.1) is 6.92 Å². The zero-order valence-electron chi connectivity index (χ0n) is 14.0. The zero-order chi connectivity index (χ0) is 16.4. The largest absolute Gasteiger partial charge is 0.356 e. The van der Waals surface area contributed by atoms with Gasteiger partial charge >= 0.3 is 0 Å². The van der Waals surface area contributed by atoms with E-state index in [0.29, 0.717) is 12.4 Å². The van der Waals surface area contributed by atoms with Gasteiger partial charge < -0.3 is 9.80 Å². The van der Waals surface area contributed by atoms with Gasteiger partial charge in [0.25, 0.3) is 0 Å². The van der Waals surface area contributed by atoms with Crippen LogP contribution in [0.4, 0.5) is 11.8 Å². The quantitative estimate of drug-likeness (QED) is 0.834. The van der Waals surface area contributed by atoms with Crippen molar-refractivity contribution in [2.75, 3.05) is 40.9 Å². The molecule has 1 unspecified atom stereocenters. The minimum atomic E-state index is -2.91. The van der Waals surface area contributed by atoms with Gasteiger partial charge in [-0.1, -0.05) is 0 Å². The Morgan fingerprint density at radius 3 is 2.61 bits per heavy atom. The highest BCUT2D eigenvalue weighted by Gasteiger charge is 2.33. The third-order valence-corrected chi connectivity index (χ3v) is 6.51. The van der Waals surface area contributed by atoms with E-state index in [-0.39, 0.29) is 17.5 Å². The van der Waals surface area contributed by atoms with Crippen molar-refractivity contribution in [1.82, 2.24) is 9.97 Å². The van der Waals surface area contributed by atoms with E-state index in [9.17, 15) is 8.42 Å². The maximum atomic E-state index is 11.8. The van der Waals surface area contributed by atoms with Crippen LogP contribution in [0.15, 0.2) is 6.07 Å². The van der Waals surface area contributed by atoms with Gasteiger partial charge in [-0.3, -0.25) is 0 Å². The van der Waals surface area contributed by atoms with E-state index in [4.69, 9.17) is 4.98 Å². The molecule has 128 valence electrons. The molecule has 3 heterocycles. The number of anilines is 2. The molecule has 1 aromatic heterocycles. The molecule has 0 N–H and O–H groups in total. The molecule has 0 amide bonds. The molecule has 2 aliphatic rings. The van der Waals surface area contributed by atoms with Crippen LogP contribution in [-0.2, 0) is 9.84 Å². The lowest BCUT2D eigenvalue weighted by molar-refractivity contribution is 0.571. The molecular weight excluding hydrogens is 312 g/mol. The Balaban J connectivity index is 1.86. The van der Waals surface area contributed by atoms with Crippen molar-refractivity contribution in [3.05, 3.63) is 11.8 Å². The van der Waals surface area contributed by atoms with Gasteiger partial charge in [-0.15, -0.1) is 0 Å². The third kappa shape index (κ3) is 3.76. The Bertz CT molecular complexity index is 656. The predicted molar refractivity (Wildman–Crippen MR) is 92.9 cm³/mol. The summed E-state index contributed by atoms with van der Waals surface area (Å²) < 4.78 is 23.6. The van der Waals surface area contributed by atoms with Crippen molar-refractivity contribution in [1.29, 1.82) is 0 Å². The zero-order valence-corrected chi connectivity index (χ0v) is 14.8. The number of piperidine rings is 1. The highest BCUT2D eigenvalue weighted by molar-refractivity contribution is 7.91. The number of aromatic nitrogens is 2. The van der Waals surface area contributed by atoms with Crippen molar-refractivity contribution >= 4 is 21.6 Å². The molecule has 0 bridgehead atoms. The van der Waals surface area contributed by atoms with E-state index in [1.807, 2.05) is 19.9 Å². The van der Waals surface area contributed by atoms with E-state index in [1.165, 1.54) is 19.3 Å². The van der Waals surface area contributed by atoms with Crippen molar-refractivity contribution < 1.29 is 8.42 Å². The highest BCUT2D eigenvalue weighted by atomic mass is 32.2. The Hall–Kier alpha value is -1.37. The lowest BCUT2D eigenvalue weighted by Gasteiger charge is -2.31. The average molecular weight is 338 g/mol.